The number of thioether (sulfide) groups is 1. The van der Waals surface area contributed by atoms with Crippen molar-refractivity contribution in [2.24, 2.45) is 0 Å². The quantitative estimate of drug-likeness (QED) is 0.783. The van der Waals surface area contributed by atoms with Crippen LogP contribution < -0.4 is 5.32 Å². The average molecular weight is 391 g/mol. The highest BCUT2D eigenvalue weighted by Crippen LogP contribution is 2.30. The molecule has 1 fully saturated rings. The molecule has 1 N–H and O–H groups in total. The van der Waals surface area contributed by atoms with Crippen molar-refractivity contribution in [1.29, 1.82) is 0 Å². The van der Waals surface area contributed by atoms with Gasteiger partial charge in [-0.2, -0.15) is 0 Å². The number of anilines is 1. The summed E-state index contributed by atoms with van der Waals surface area (Å²) in [5.41, 5.74) is 1.73. The molecule has 1 atom stereocenters. The van der Waals surface area contributed by atoms with Crippen molar-refractivity contribution in [2.75, 3.05) is 12.4 Å². The van der Waals surface area contributed by atoms with Crippen molar-refractivity contribution < 1.29 is 19.1 Å². The van der Waals surface area contributed by atoms with Crippen molar-refractivity contribution in [3.05, 3.63) is 64.7 Å². The molecule has 0 aromatic heterocycles. The number of methoxy groups -OCH3 is 1. The summed E-state index contributed by atoms with van der Waals surface area (Å²) in [4.78, 5) is 37.6. The molecule has 0 saturated carbocycles. The van der Waals surface area contributed by atoms with Crippen LogP contribution in [-0.2, 0) is 16.1 Å². The van der Waals surface area contributed by atoms with Crippen LogP contribution in [0.2, 0.25) is 5.02 Å². The number of nitrogens with zero attached hydrogens (tertiary/aromatic N) is 1. The van der Waals surface area contributed by atoms with E-state index in [1.54, 1.807) is 48.5 Å². The van der Waals surface area contributed by atoms with Crippen molar-refractivity contribution in [1.82, 2.24) is 4.90 Å². The molecular formula is C18H15ClN2O4S. The summed E-state index contributed by atoms with van der Waals surface area (Å²) >= 11 is 6.76. The molecule has 0 bridgehead atoms. The van der Waals surface area contributed by atoms with E-state index in [0.29, 0.717) is 21.8 Å². The minimum Gasteiger partial charge on any atom is -0.465 e. The van der Waals surface area contributed by atoms with E-state index in [1.165, 1.54) is 7.11 Å². The maximum absolute atomic E-state index is 12.6. The fraction of sp³-hybridized carbons (Fsp3) is 0.167. The zero-order valence-electron chi connectivity index (χ0n) is 13.8. The number of carbonyl (C=O) groups excluding carboxylic acids is 3. The molecule has 0 aliphatic carbocycles. The highest BCUT2D eigenvalue weighted by atomic mass is 35.5. The van der Waals surface area contributed by atoms with Gasteiger partial charge in [-0.05, 0) is 53.7 Å². The van der Waals surface area contributed by atoms with Gasteiger partial charge in [0, 0.05) is 10.7 Å². The average Bonchev–Trinajstić information content (AvgIpc) is 2.90. The van der Waals surface area contributed by atoms with Crippen LogP contribution in [0.25, 0.3) is 0 Å². The van der Waals surface area contributed by atoms with Gasteiger partial charge >= 0.3 is 5.97 Å². The van der Waals surface area contributed by atoms with E-state index in [2.05, 4.69) is 10.1 Å². The van der Waals surface area contributed by atoms with Gasteiger partial charge in [0.2, 0.25) is 0 Å². The molecular weight excluding hydrogens is 376 g/mol. The molecule has 0 spiro atoms. The van der Waals surface area contributed by atoms with E-state index in [9.17, 15) is 14.4 Å². The van der Waals surface area contributed by atoms with E-state index in [0.717, 1.165) is 16.7 Å². The number of esters is 1. The number of ether oxygens (including phenoxy) is 1. The van der Waals surface area contributed by atoms with Gasteiger partial charge in [-0.25, -0.2) is 4.79 Å². The summed E-state index contributed by atoms with van der Waals surface area (Å²) in [6.45, 7) is 0.0916. The van der Waals surface area contributed by atoms with Gasteiger partial charge in [-0.3, -0.25) is 14.5 Å². The number of halogens is 1. The van der Waals surface area contributed by atoms with Crippen LogP contribution in [0, 0.1) is 0 Å². The van der Waals surface area contributed by atoms with E-state index >= 15 is 0 Å². The van der Waals surface area contributed by atoms with Crippen LogP contribution in [0.15, 0.2) is 48.5 Å². The first-order valence-corrected chi connectivity index (χ1v) is 8.95. The lowest BCUT2D eigenvalue weighted by Crippen LogP contribution is -2.34. The number of benzene rings is 2. The van der Waals surface area contributed by atoms with Crippen molar-refractivity contribution >= 4 is 46.2 Å². The predicted octanol–water partition coefficient (Wildman–Crippen LogP) is 3.76. The van der Waals surface area contributed by atoms with Crippen molar-refractivity contribution in [3.63, 3.8) is 0 Å². The van der Waals surface area contributed by atoms with Crippen LogP contribution >= 0.6 is 23.4 Å². The monoisotopic (exact) mass is 390 g/mol. The Morgan fingerprint density at radius 1 is 1.23 bits per heavy atom. The molecule has 2 aromatic carbocycles. The topological polar surface area (TPSA) is 75.7 Å². The molecule has 0 unspecified atom stereocenters. The molecule has 1 aliphatic heterocycles. The zero-order chi connectivity index (χ0) is 18.7. The largest absolute Gasteiger partial charge is 0.465 e. The molecule has 134 valence electrons. The summed E-state index contributed by atoms with van der Waals surface area (Å²) < 4.78 is 4.69. The molecule has 3 rings (SSSR count). The number of nitrogens with one attached hydrogen (secondary N) is 1. The second-order valence-electron chi connectivity index (χ2n) is 5.53. The fourth-order valence-corrected chi connectivity index (χ4v) is 3.51. The molecule has 2 aromatic rings. The van der Waals surface area contributed by atoms with E-state index < -0.39 is 11.3 Å². The lowest BCUT2D eigenvalue weighted by molar-refractivity contribution is -0.126. The Morgan fingerprint density at radius 2 is 1.96 bits per heavy atom. The smallest absolute Gasteiger partial charge is 0.337 e. The minimum atomic E-state index is -0.701. The first kappa shape index (κ1) is 18.3. The number of hydrogen-bond acceptors (Lipinski definition) is 6. The first-order valence-electron chi connectivity index (χ1n) is 7.69. The third-order valence-electron chi connectivity index (χ3n) is 3.76. The summed E-state index contributed by atoms with van der Waals surface area (Å²) in [7, 11) is 1.30. The lowest BCUT2D eigenvalue weighted by Gasteiger charge is -2.15. The van der Waals surface area contributed by atoms with E-state index in [4.69, 9.17) is 11.6 Å². The summed E-state index contributed by atoms with van der Waals surface area (Å²) in [5, 5.41) is 2.56. The third-order valence-corrected chi connectivity index (χ3v) is 4.99. The molecule has 8 heteroatoms. The number of amides is 2. The minimum absolute atomic E-state index is 0.0916. The molecule has 26 heavy (non-hydrogen) atoms. The first-order chi connectivity index (χ1) is 12.5. The van der Waals surface area contributed by atoms with Gasteiger partial charge in [0.25, 0.3) is 11.1 Å². The third kappa shape index (κ3) is 4.00. The Labute approximate surface area is 159 Å². The second-order valence-corrected chi connectivity index (χ2v) is 7.02. The SMILES string of the molecule is COC(=O)c1cccc(CN2C(=O)S[C@@H](Nc3ccc(Cl)cc3)C2=O)c1. The molecule has 1 heterocycles. The van der Waals surface area contributed by atoms with Gasteiger partial charge in [-0.1, -0.05) is 23.7 Å². The van der Waals surface area contributed by atoms with Crippen LogP contribution in [0.5, 0.6) is 0 Å². The lowest BCUT2D eigenvalue weighted by atomic mass is 10.1. The predicted molar refractivity (Wildman–Crippen MR) is 100 cm³/mol. The Hall–Kier alpha value is -2.51. The number of hydrogen-bond donors (Lipinski definition) is 1. The maximum Gasteiger partial charge on any atom is 0.337 e. The van der Waals surface area contributed by atoms with Crippen LogP contribution in [-0.4, -0.2) is 34.5 Å². The number of carbonyl (C=O) groups is 3. The van der Waals surface area contributed by atoms with Gasteiger partial charge in [0.1, 0.15) is 0 Å². The van der Waals surface area contributed by atoms with Crippen molar-refractivity contribution in [3.8, 4) is 0 Å². The molecule has 6 nitrogen and oxygen atoms in total. The highest BCUT2D eigenvalue weighted by molar-refractivity contribution is 8.15. The van der Waals surface area contributed by atoms with Gasteiger partial charge in [0.05, 0.1) is 19.2 Å². The van der Waals surface area contributed by atoms with E-state index in [1.807, 2.05) is 0 Å². The standard InChI is InChI=1S/C18H15ClN2O4S/c1-25-17(23)12-4-2-3-11(9-12)10-21-16(22)15(26-18(21)24)20-14-7-5-13(19)6-8-14/h2-9,15,20H,10H2,1H3/t15-/m1/s1. The van der Waals surface area contributed by atoms with Gasteiger partial charge in [0.15, 0.2) is 5.37 Å². The zero-order valence-corrected chi connectivity index (χ0v) is 15.3. The van der Waals surface area contributed by atoms with Crippen LogP contribution in [0.4, 0.5) is 10.5 Å². The van der Waals surface area contributed by atoms with Gasteiger partial charge in [-0.15, -0.1) is 0 Å². The molecule has 1 aliphatic rings. The fourth-order valence-electron chi connectivity index (χ4n) is 2.47. The number of rotatable bonds is 5. The number of imide groups is 1. The molecule has 2 amide bonds. The second kappa shape index (κ2) is 7.80. The van der Waals surface area contributed by atoms with Crippen LogP contribution in [0.1, 0.15) is 15.9 Å². The normalized spacial score (nSPS) is 16.7. The highest BCUT2D eigenvalue weighted by Gasteiger charge is 2.39. The maximum atomic E-state index is 12.6. The molecule has 1 saturated heterocycles. The Balaban J connectivity index is 1.71. The Kier molecular flexibility index (Phi) is 5.49. The Morgan fingerprint density at radius 3 is 2.65 bits per heavy atom. The summed E-state index contributed by atoms with van der Waals surface area (Å²) in [6.07, 6.45) is 0. The summed E-state index contributed by atoms with van der Waals surface area (Å²) in [5.74, 6) is -0.805. The molecule has 0 radical (unpaired) electrons. The van der Waals surface area contributed by atoms with Crippen LogP contribution in [0.3, 0.4) is 0 Å². The van der Waals surface area contributed by atoms with E-state index in [-0.39, 0.29) is 17.7 Å². The summed E-state index contributed by atoms with van der Waals surface area (Å²) in [6, 6.07) is 13.5. The van der Waals surface area contributed by atoms with Gasteiger partial charge < -0.3 is 10.1 Å². The van der Waals surface area contributed by atoms with Crippen molar-refractivity contribution in [2.45, 2.75) is 11.9 Å². The Bertz CT molecular complexity index is 857.